The second-order valence-corrected chi connectivity index (χ2v) is 8.04. The van der Waals surface area contributed by atoms with E-state index >= 15 is 0 Å². The molecule has 1 aromatic carbocycles. The summed E-state index contributed by atoms with van der Waals surface area (Å²) in [6.07, 6.45) is 3.01. The summed E-state index contributed by atoms with van der Waals surface area (Å²) in [4.78, 5) is 0.315. The fourth-order valence-electron chi connectivity index (χ4n) is 2.78. The summed E-state index contributed by atoms with van der Waals surface area (Å²) in [5.41, 5.74) is 0.839. The van der Waals surface area contributed by atoms with Gasteiger partial charge < -0.3 is 4.74 Å². The molecule has 0 saturated heterocycles. The number of benzene rings is 1. The molecular formula is C16H25NO3S. The average molecular weight is 311 g/mol. The van der Waals surface area contributed by atoms with E-state index in [0.717, 1.165) is 30.6 Å². The average Bonchev–Trinajstić information content (AvgIpc) is 2.76. The maximum atomic E-state index is 12.4. The van der Waals surface area contributed by atoms with Gasteiger partial charge >= 0.3 is 0 Å². The molecule has 2 atom stereocenters. The monoisotopic (exact) mass is 311 g/mol. The zero-order chi connectivity index (χ0) is 15.6. The highest BCUT2D eigenvalue weighted by molar-refractivity contribution is 7.89. The lowest BCUT2D eigenvalue weighted by molar-refractivity contribution is 0.240. The van der Waals surface area contributed by atoms with Gasteiger partial charge in [-0.2, -0.15) is 0 Å². The molecule has 0 heterocycles. The summed E-state index contributed by atoms with van der Waals surface area (Å²) in [5.74, 6) is 1.33. The molecule has 1 saturated carbocycles. The van der Waals surface area contributed by atoms with Gasteiger partial charge in [-0.25, -0.2) is 13.1 Å². The smallest absolute Gasteiger partial charge is 0.240 e. The maximum absolute atomic E-state index is 12.4. The van der Waals surface area contributed by atoms with Crippen LogP contribution in [0.2, 0.25) is 0 Å². The van der Waals surface area contributed by atoms with Gasteiger partial charge in [-0.05, 0) is 69.7 Å². The molecule has 5 heteroatoms. The van der Waals surface area contributed by atoms with Crippen LogP contribution in [-0.2, 0) is 10.0 Å². The molecule has 1 fully saturated rings. The number of sulfonamides is 1. The van der Waals surface area contributed by atoms with E-state index in [9.17, 15) is 8.42 Å². The Hall–Kier alpha value is -1.07. The van der Waals surface area contributed by atoms with E-state index in [-0.39, 0.29) is 12.1 Å². The molecule has 2 rings (SSSR count). The third-order valence-electron chi connectivity index (χ3n) is 3.84. The van der Waals surface area contributed by atoms with Gasteiger partial charge in [0.05, 0.1) is 11.0 Å². The number of rotatable bonds is 5. The number of aryl methyl sites for hydroxylation is 1. The lowest BCUT2D eigenvalue weighted by Crippen LogP contribution is -2.33. The van der Waals surface area contributed by atoms with Crippen LogP contribution in [0.3, 0.4) is 0 Å². The van der Waals surface area contributed by atoms with Crippen molar-refractivity contribution in [1.82, 2.24) is 4.72 Å². The Bertz CT molecular complexity index is 596. The molecule has 1 aliphatic carbocycles. The van der Waals surface area contributed by atoms with Gasteiger partial charge in [0.15, 0.2) is 0 Å². The molecule has 0 aromatic heterocycles. The zero-order valence-electron chi connectivity index (χ0n) is 13.2. The molecule has 4 nitrogen and oxygen atoms in total. The second kappa shape index (κ2) is 6.36. The van der Waals surface area contributed by atoms with Crippen LogP contribution >= 0.6 is 0 Å². The first-order valence-electron chi connectivity index (χ1n) is 7.57. The minimum atomic E-state index is -3.44. The highest BCUT2D eigenvalue weighted by Crippen LogP contribution is 2.27. The molecule has 0 radical (unpaired) electrons. The van der Waals surface area contributed by atoms with Gasteiger partial charge in [0.1, 0.15) is 5.75 Å². The molecule has 1 aromatic rings. The van der Waals surface area contributed by atoms with Crippen molar-refractivity contribution in [3.05, 3.63) is 23.8 Å². The summed E-state index contributed by atoms with van der Waals surface area (Å²) in [6, 6.07) is 5.10. The fourth-order valence-corrected chi connectivity index (χ4v) is 4.14. The minimum absolute atomic E-state index is 0.0666. The Morgan fingerprint density at radius 1 is 1.29 bits per heavy atom. The minimum Gasteiger partial charge on any atom is -0.491 e. The molecule has 0 aliphatic heterocycles. The van der Waals surface area contributed by atoms with Gasteiger partial charge in [0, 0.05) is 6.04 Å². The van der Waals surface area contributed by atoms with Crippen LogP contribution in [0.25, 0.3) is 0 Å². The molecular weight excluding hydrogens is 286 g/mol. The van der Waals surface area contributed by atoms with Crippen LogP contribution in [0, 0.1) is 12.8 Å². The zero-order valence-corrected chi connectivity index (χ0v) is 14.0. The summed E-state index contributed by atoms with van der Waals surface area (Å²) in [5, 5.41) is 0. The molecule has 118 valence electrons. The Labute approximate surface area is 127 Å². The van der Waals surface area contributed by atoms with Crippen molar-refractivity contribution in [2.75, 3.05) is 0 Å². The van der Waals surface area contributed by atoms with E-state index in [1.807, 2.05) is 20.8 Å². The normalized spacial score (nSPS) is 22.7. The first kappa shape index (κ1) is 16.3. The lowest BCUT2D eigenvalue weighted by atomic mass is 10.1. The van der Waals surface area contributed by atoms with Crippen LogP contribution in [-0.4, -0.2) is 20.6 Å². The molecule has 2 unspecified atom stereocenters. The molecule has 1 N–H and O–H groups in total. The quantitative estimate of drug-likeness (QED) is 0.908. The van der Waals surface area contributed by atoms with Gasteiger partial charge in [-0.15, -0.1) is 0 Å². The third kappa shape index (κ3) is 4.20. The van der Waals surface area contributed by atoms with E-state index < -0.39 is 10.0 Å². The molecule has 0 amide bonds. The van der Waals surface area contributed by atoms with Gasteiger partial charge in [0.2, 0.25) is 10.0 Å². The Morgan fingerprint density at radius 3 is 2.52 bits per heavy atom. The maximum Gasteiger partial charge on any atom is 0.240 e. The van der Waals surface area contributed by atoms with E-state index in [2.05, 4.69) is 11.6 Å². The van der Waals surface area contributed by atoms with E-state index in [1.165, 1.54) is 0 Å². The largest absolute Gasteiger partial charge is 0.491 e. The Kier molecular flexibility index (Phi) is 4.94. The van der Waals surface area contributed by atoms with Crippen molar-refractivity contribution in [2.24, 2.45) is 5.92 Å². The molecule has 0 spiro atoms. The van der Waals surface area contributed by atoms with Crippen LogP contribution in [0.4, 0.5) is 0 Å². The van der Waals surface area contributed by atoms with Gasteiger partial charge in [0.25, 0.3) is 0 Å². The van der Waals surface area contributed by atoms with Crippen molar-refractivity contribution in [3.8, 4) is 5.75 Å². The SMILES string of the molecule is Cc1cc(S(=O)(=O)NC2CCC(C)C2)ccc1OC(C)C. The van der Waals surface area contributed by atoms with Crippen molar-refractivity contribution >= 4 is 10.0 Å². The van der Waals surface area contributed by atoms with Gasteiger partial charge in [-0.1, -0.05) is 6.92 Å². The van der Waals surface area contributed by atoms with Crippen molar-refractivity contribution < 1.29 is 13.2 Å². The van der Waals surface area contributed by atoms with Crippen LogP contribution in [0.15, 0.2) is 23.1 Å². The molecule has 0 bridgehead atoms. The highest BCUT2D eigenvalue weighted by Gasteiger charge is 2.26. The van der Waals surface area contributed by atoms with Crippen molar-refractivity contribution in [3.63, 3.8) is 0 Å². The number of nitrogens with one attached hydrogen (secondary N) is 1. The number of ether oxygens (including phenoxy) is 1. The third-order valence-corrected chi connectivity index (χ3v) is 5.35. The van der Waals surface area contributed by atoms with E-state index in [4.69, 9.17) is 4.74 Å². The number of hydrogen-bond acceptors (Lipinski definition) is 3. The van der Waals surface area contributed by atoms with Crippen molar-refractivity contribution in [1.29, 1.82) is 0 Å². The number of hydrogen-bond donors (Lipinski definition) is 1. The lowest BCUT2D eigenvalue weighted by Gasteiger charge is -2.16. The molecule has 21 heavy (non-hydrogen) atoms. The Balaban J connectivity index is 2.15. The van der Waals surface area contributed by atoms with Gasteiger partial charge in [-0.3, -0.25) is 0 Å². The predicted octanol–water partition coefficient (Wildman–Crippen LogP) is 3.25. The molecule has 1 aliphatic rings. The summed E-state index contributed by atoms with van der Waals surface area (Å²) in [6.45, 7) is 7.94. The van der Waals surface area contributed by atoms with Crippen LogP contribution in [0.1, 0.15) is 45.6 Å². The van der Waals surface area contributed by atoms with Crippen molar-refractivity contribution in [2.45, 2.75) is 64.0 Å². The predicted molar refractivity (Wildman–Crippen MR) is 84.1 cm³/mol. The standard InChI is InChI=1S/C16H25NO3S/c1-11(2)20-16-8-7-15(10-13(16)4)21(18,19)17-14-6-5-12(3)9-14/h7-8,10-12,14,17H,5-6,9H2,1-4H3. The first-order chi connectivity index (χ1) is 9.78. The fraction of sp³-hybridized carbons (Fsp3) is 0.625. The highest BCUT2D eigenvalue weighted by atomic mass is 32.2. The first-order valence-corrected chi connectivity index (χ1v) is 9.06. The second-order valence-electron chi connectivity index (χ2n) is 6.33. The van der Waals surface area contributed by atoms with Crippen LogP contribution in [0.5, 0.6) is 5.75 Å². The van der Waals surface area contributed by atoms with E-state index in [1.54, 1.807) is 18.2 Å². The van der Waals surface area contributed by atoms with E-state index in [0.29, 0.717) is 10.8 Å². The summed E-state index contributed by atoms with van der Waals surface area (Å²) in [7, 11) is -3.44. The van der Waals surface area contributed by atoms with Crippen LogP contribution < -0.4 is 9.46 Å². The summed E-state index contributed by atoms with van der Waals surface area (Å²) < 4.78 is 33.3. The summed E-state index contributed by atoms with van der Waals surface area (Å²) >= 11 is 0. The topological polar surface area (TPSA) is 55.4 Å². The Morgan fingerprint density at radius 2 is 2.00 bits per heavy atom.